The summed E-state index contributed by atoms with van der Waals surface area (Å²) in [5.74, 6) is -0.310. The molecule has 0 fully saturated rings. The number of benzene rings is 2. The number of halogens is 1. The average molecular weight is 325 g/mol. The van der Waals surface area contributed by atoms with Crippen molar-refractivity contribution >= 4 is 16.9 Å². The Morgan fingerprint density at radius 2 is 2.04 bits per heavy atom. The number of amides is 1. The highest BCUT2D eigenvalue weighted by molar-refractivity contribution is 5.98. The third-order valence-electron chi connectivity index (χ3n) is 3.67. The maximum atomic E-state index is 13.2. The van der Waals surface area contributed by atoms with E-state index in [9.17, 15) is 9.18 Å². The molecule has 0 aliphatic heterocycles. The van der Waals surface area contributed by atoms with Crippen LogP contribution in [0.2, 0.25) is 0 Å². The fraction of sp³-hybridized carbons (Fsp3) is 0.222. The van der Waals surface area contributed by atoms with Crippen molar-refractivity contribution < 1.29 is 9.18 Å². The topological polar surface area (TPSA) is 50.2 Å². The first-order valence-corrected chi connectivity index (χ1v) is 7.64. The zero-order chi connectivity index (χ0) is 17.1. The van der Waals surface area contributed by atoms with Crippen LogP contribution < -0.4 is 5.32 Å². The van der Waals surface area contributed by atoms with E-state index in [0.29, 0.717) is 17.8 Å². The minimum Gasteiger partial charge on any atom is -0.335 e. The molecule has 0 aliphatic rings. The fourth-order valence-electron chi connectivity index (χ4n) is 2.44. The van der Waals surface area contributed by atoms with Gasteiger partial charge in [-0.25, -0.2) is 9.18 Å². The summed E-state index contributed by atoms with van der Waals surface area (Å²) in [5, 5.41) is 8.08. The van der Waals surface area contributed by atoms with Gasteiger partial charge in [-0.3, -0.25) is 0 Å². The highest BCUT2D eigenvalue weighted by Crippen LogP contribution is 2.27. The molecule has 24 heavy (non-hydrogen) atoms. The standard InChI is InChI=1S/C18H18FN4O/c1-22(2)12-11-20-18(24)23-16-6-4-3-5-15(16)17(21-23)13-7-9-14(19)10-8-13/h4-10H,11-12H2,1-2H3,(H,20,24). The summed E-state index contributed by atoms with van der Waals surface area (Å²) in [6, 6.07) is 14.1. The molecule has 0 saturated heterocycles. The Balaban J connectivity index is 1.97. The zero-order valence-corrected chi connectivity index (χ0v) is 13.6. The second-order valence-electron chi connectivity index (χ2n) is 5.75. The lowest BCUT2D eigenvalue weighted by molar-refractivity contribution is 0.239. The van der Waals surface area contributed by atoms with E-state index in [4.69, 9.17) is 0 Å². The number of hydrogen-bond acceptors (Lipinski definition) is 3. The molecule has 1 N–H and O–H groups in total. The van der Waals surface area contributed by atoms with Gasteiger partial charge in [-0.1, -0.05) is 6.07 Å². The van der Waals surface area contributed by atoms with E-state index in [1.165, 1.54) is 16.8 Å². The van der Waals surface area contributed by atoms with E-state index >= 15 is 0 Å². The van der Waals surface area contributed by atoms with Crippen LogP contribution in [0.15, 0.2) is 42.5 Å². The van der Waals surface area contributed by atoms with Gasteiger partial charge in [0.15, 0.2) is 0 Å². The Kier molecular flexibility index (Phi) is 4.57. The number of aromatic nitrogens is 2. The monoisotopic (exact) mass is 325 g/mol. The Bertz CT molecular complexity index is 855. The molecule has 3 rings (SSSR count). The normalized spacial score (nSPS) is 11.2. The molecule has 1 amide bonds. The van der Waals surface area contributed by atoms with Crippen LogP contribution in [0.5, 0.6) is 0 Å². The highest BCUT2D eigenvalue weighted by atomic mass is 19.1. The third-order valence-corrected chi connectivity index (χ3v) is 3.67. The summed E-state index contributed by atoms with van der Waals surface area (Å²) >= 11 is 0. The van der Waals surface area contributed by atoms with E-state index in [1.54, 1.807) is 30.3 Å². The van der Waals surface area contributed by atoms with Crippen LogP contribution in [0.1, 0.15) is 0 Å². The van der Waals surface area contributed by atoms with Gasteiger partial charge >= 0.3 is 6.03 Å². The van der Waals surface area contributed by atoms with Crippen LogP contribution in [0.4, 0.5) is 9.18 Å². The van der Waals surface area contributed by atoms with Crippen LogP contribution >= 0.6 is 0 Å². The molecular weight excluding hydrogens is 307 g/mol. The minimum absolute atomic E-state index is 0.290. The van der Waals surface area contributed by atoms with Crippen molar-refractivity contribution in [3.05, 3.63) is 54.3 Å². The highest BCUT2D eigenvalue weighted by Gasteiger charge is 2.16. The van der Waals surface area contributed by atoms with Gasteiger partial charge in [0, 0.05) is 24.0 Å². The molecule has 1 radical (unpaired) electrons. The van der Waals surface area contributed by atoms with E-state index in [-0.39, 0.29) is 11.8 Å². The molecule has 123 valence electrons. The van der Waals surface area contributed by atoms with Gasteiger partial charge in [0.25, 0.3) is 0 Å². The average Bonchev–Trinajstić information content (AvgIpc) is 2.95. The van der Waals surface area contributed by atoms with E-state index in [2.05, 4.69) is 16.5 Å². The molecule has 2 aromatic carbocycles. The van der Waals surface area contributed by atoms with Crippen molar-refractivity contribution in [2.24, 2.45) is 0 Å². The van der Waals surface area contributed by atoms with Gasteiger partial charge in [-0.2, -0.15) is 9.78 Å². The number of rotatable bonds is 4. The molecule has 0 spiro atoms. The number of carbonyl (C=O) groups is 1. The number of hydrogen-bond donors (Lipinski definition) is 1. The fourth-order valence-corrected chi connectivity index (χ4v) is 2.44. The summed E-state index contributed by atoms with van der Waals surface area (Å²) in [4.78, 5) is 14.4. The van der Waals surface area contributed by atoms with Gasteiger partial charge in [-0.15, -0.1) is 0 Å². The largest absolute Gasteiger partial charge is 0.342 e. The lowest BCUT2D eigenvalue weighted by Gasteiger charge is -2.10. The number of nitrogens with zero attached hydrogens (tertiary/aromatic N) is 3. The molecule has 5 nitrogen and oxygen atoms in total. The lowest BCUT2D eigenvalue weighted by atomic mass is 10.1. The molecule has 0 bridgehead atoms. The van der Waals surface area contributed by atoms with Crippen LogP contribution in [-0.2, 0) is 0 Å². The second kappa shape index (κ2) is 6.80. The zero-order valence-electron chi connectivity index (χ0n) is 13.6. The van der Waals surface area contributed by atoms with E-state index in [1.807, 2.05) is 19.0 Å². The minimum atomic E-state index is -0.310. The van der Waals surface area contributed by atoms with Gasteiger partial charge in [0.2, 0.25) is 0 Å². The van der Waals surface area contributed by atoms with Crippen molar-refractivity contribution in [1.82, 2.24) is 20.0 Å². The smallest absolute Gasteiger partial charge is 0.335 e. The lowest BCUT2D eigenvalue weighted by Crippen LogP contribution is -2.34. The van der Waals surface area contributed by atoms with E-state index in [0.717, 1.165) is 17.5 Å². The first kappa shape index (κ1) is 16.1. The number of likely N-dealkylation sites (N-methyl/N-ethyl adjacent to an activating group) is 1. The maximum absolute atomic E-state index is 13.2. The molecule has 0 atom stereocenters. The van der Waals surface area contributed by atoms with Crippen LogP contribution in [-0.4, -0.2) is 47.9 Å². The van der Waals surface area contributed by atoms with Crippen molar-refractivity contribution in [2.75, 3.05) is 27.2 Å². The Morgan fingerprint density at radius 1 is 1.29 bits per heavy atom. The number of fused-ring (bicyclic) bond motifs is 1. The Morgan fingerprint density at radius 3 is 2.75 bits per heavy atom. The van der Waals surface area contributed by atoms with Gasteiger partial charge < -0.3 is 10.2 Å². The van der Waals surface area contributed by atoms with Gasteiger partial charge in [0.05, 0.1) is 5.52 Å². The van der Waals surface area contributed by atoms with Crippen LogP contribution in [0.25, 0.3) is 22.2 Å². The summed E-state index contributed by atoms with van der Waals surface area (Å²) in [6.45, 7) is 1.27. The first-order chi connectivity index (χ1) is 11.6. The Labute approximate surface area is 139 Å². The second-order valence-corrected chi connectivity index (χ2v) is 5.75. The molecule has 0 saturated carbocycles. The van der Waals surface area contributed by atoms with Crippen LogP contribution in [0, 0.1) is 11.9 Å². The van der Waals surface area contributed by atoms with Gasteiger partial charge in [-0.05, 0) is 56.6 Å². The summed E-state index contributed by atoms with van der Waals surface area (Å²) in [6.07, 6.45) is 0. The van der Waals surface area contributed by atoms with E-state index < -0.39 is 0 Å². The van der Waals surface area contributed by atoms with Crippen molar-refractivity contribution in [3.63, 3.8) is 0 Å². The third kappa shape index (κ3) is 3.28. The first-order valence-electron chi connectivity index (χ1n) is 7.64. The quantitative estimate of drug-likeness (QED) is 0.802. The molecule has 6 heteroatoms. The molecule has 0 unspecified atom stereocenters. The molecular formula is C18H18FN4O. The van der Waals surface area contributed by atoms with Crippen molar-refractivity contribution in [3.8, 4) is 11.3 Å². The van der Waals surface area contributed by atoms with Crippen molar-refractivity contribution in [1.29, 1.82) is 0 Å². The maximum Gasteiger partial charge on any atom is 0.342 e. The number of nitrogens with one attached hydrogen (secondary N) is 1. The number of carbonyl (C=O) groups excluding carboxylic acids is 1. The summed E-state index contributed by atoms with van der Waals surface area (Å²) < 4.78 is 14.5. The molecule has 1 heterocycles. The SMILES string of the molecule is CN(C)CCNC(=O)n1nc(-c2ccc(F)cc2)c2c[c]ccc21. The van der Waals surface area contributed by atoms with Gasteiger partial charge in [0.1, 0.15) is 11.5 Å². The predicted octanol–water partition coefficient (Wildman–Crippen LogP) is 2.76. The molecule has 3 aromatic rings. The molecule has 1 aromatic heterocycles. The van der Waals surface area contributed by atoms with Crippen LogP contribution in [0.3, 0.4) is 0 Å². The predicted molar refractivity (Wildman–Crippen MR) is 91.3 cm³/mol. The van der Waals surface area contributed by atoms with Crippen molar-refractivity contribution in [2.45, 2.75) is 0 Å². The Hall–Kier alpha value is -2.73. The summed E-state index contributed by atoms with van der Waals surface area (Å²) in [5.41, 5.74) is 2.07. The summed E-state index contributed by atoms with van der Waals surface area (Å²) in [7, 11) is 3.88. The molecule has 0 aliphatic carbocycles.